The summed E-state index contributed by atoms with van der Waals surface area (Å²) in [6.45, 7) is 1.85. The summed E-state index contributed by atoms with van der Waals surface area (Å²) < 4.78 is 12.8. The average Bonchev–Trinajstić information content (AvgIpc) is 2.19. The quantitative estimate of drug-likeness (QED) is 0.788. The Labute approximate surface area is 98.1 Å². The third-order valence-electron chi connectivity index (χ3n) is 2.35. The number of rotatable bonds is 1. The number of halogens is 2. The number of phenols is 1. The summed E-state index contributed by atoms with van der Waals surface area (Å²) in [7, 11) is 0. The van der Waals surface area contributed by atoms with Gasteiger partial charge in [-0.1, -0.05) is 23.7 Å². The van der Waals surface area contributed by atoms with Crippen molar-refractivity contribution in [3.63, 3.8) is 0 Å². The highest BCUT2D eigenvalue weighted by molar-refractivity contribution is 6.33. The monoisotopic (exact) mass is 236 g/mol. The number of aryl methyl sites for hydroxylation is 1. The van der Waals surface area contributed by atoms with E-state index in [0.717, 1.165) is 5.56 Å². The second-order valence-electron chi connectivity index (χ2n) is 3.65. The molecule has 82 valence electrons. The van der Waals surface area contributed by atoms with Crippen molar-refractivity contribution < 1.29 is 9.50 Å². The number of aromatic hydroxyl groups is 1. The van der Waals surface area contributed by atoms with Crippen molar-refractivity contribution in [1.82, 2.24) is 0 Å². The fourth-order valence-electron chi connectivity index (χ4n) is 1.63. The molecule has 0 spiro atoms. The van der Waals surface area contributed by atoms with E-state index >= 15 is 0 Å². The lowest BCUT2D eigenvalue weighted by Gasteiger charge is -2.08. The number of benzene rings is 2. The molecular formula is C13H10ClFO. The van der Waals surface area contributed by atoms with Crippen LogP contribution in [0.2, 0.25) is 5.02 Å². The Kier molecular flexibility index (Phi) is 2.84. The van der Waals surface area contributed by atoms with Gasteiger partial charge in [-0.15, -0.1) is 0 Å². The van der Waals surface area contributed by atoms with Crippen LogP contribution in [0.15, 0.2) is 36.4 Å². The lowest BCUT2D eigenvalue weighted by molar-refractivity contribution is 0.477. The van der Waals surface area contributed by atoms with Gasteiger partial charge in [0.1, 0.15) is 11.6 Å². The lowest BCUT2D eigenvalue weighted by Crippen LogP contribution is -1.84. The van der Waals surface area contributed by atoms with Gasteiger partial charge >= 0.3 is 0 Å². The Morgan fingerprint density at radius 2 is 1.75 bits per heavy atom. The van der Waals surface area contributed by atoms with Gasteiger partial charge in [0.25, 0.3) is 0 Å². The Morgan fingerprint density at radius 3 is 2.31 bits per heavy atom. The van der Waals surface area contributed by atoms with Gasteiger partial charge in [0.05, 0.1) is 5.02 Å². The van der Waals surface area contributed by atoms with Crippen molar-refractivity contribution in [2.75, 3.05) is 0 Å². The minimum atomic E-state index is -0.313. The molecule has 0 saturated heterocycles. The van der Waals surface area contributed by atoms with Crippen molar-refractivity contribution in [2.24, 2.45) is 0 Å². The van der Waals surface area contributed by atoms with Crippen LogP contribution in [0, 0.1) is 12.7 Å². The highest BCUT2D eigenvalue weighted by atomic mass is 35.5. The van der Waals surface area contributed by atoms with Gasteiger partial charge in [0.2, 0.25) is 0 Å². The first-order chi connectivity index (χ1) is 7.58. The molecule has 1 nitrogen and oxygen atoms in total. The van der Waals surface area contributed by atoms with Crippen molar-refractivity contribution in [3.05, 3.63) is 52.8 Å². The molecule has 0 atom stereocenters. The fraction of sp³-hybridized carbons (Fsp3) is 0.0769. The van der Waals surface area contributed by atoms with E-state index in [0.29, 0.717) is 16.1 Å². The smallest absolute Gasteiger partial charge is 0.125 e. The summed E-state index contributed by atoms with van der Waals surface area (Å²) in [4.78, 5) is 0. The third-order valence-corrected chi connectivity index (χ3v) is 2.64. The highest BCUT2D eigenvalue weighted by Gasteiger charge is 2.09. The van der Waals surface area contributed by atoms with Gasteiger partial charge in [-0.05, 0) is 42.3 Å². The predicted octanol–water partition coefficient (Wildman–Crippen LogP) is 4.16. The first kappa shape index (κ1) is 11.0. The maximum absolute atomic E-state index is 12.8. The molecule has 3 heteroatoms. The molecule has 2 rings (SSSR count). The van der Waals surface area contributed by atoms with Gasteiger partial charge in [0, 0.05) is 5.56 Å². The molecule has 0 saturated carbocycles. The molecule has 16 heavy (non-hydrogen) atoms. The number of hydrogen-bond acceptors (Lipinski definition) is 1. The van der Waals surface area contributed by atoms with Crippen molar-refractivity contribution >= 4 is 11.6 Å². The zero-order valence-electron chi connectivity index (χ0n) is 8.67. The molecule has 2 aromatic rings. The Bertz CT molecular complexity index is 497. The molecule has 0 amide bonds. The van der Waals surface area contributed by atoms with Gasteiger partial charge in [-0.25, -0.2) is 4.39 Å². The Morgan fingerprint density at radius 1 is 1.12 bits per heavy atom. The van der Waals surface area contributed by atoms with E-state index in [4.69, 9.17) is 11.6 Å². The average molecular weight is 237 g/mol. The van der Waals surface area contributed by atoms with E-state index in [-0.39, 0.29) is 11.6 Å². The van der Waals surface area contributed by atoms with Crippen LogP contribution in [0.4, 0.5) is 4.39 Å². The standard InChI is InChI=1S/C13H10ClFO/c1-8-6-11(14)13(12(16)7-8)9-2-4-10(15)5-3-9/h2-7,16H,1H3. The SMILES string of the molecule is Cc1cc(O)c(-c2ccc(F)cc2)c(Cl)c1. The normalized spacial score (nSPS) is 10.4. The minimum absolute atomic E-state index is 0.108. The molecule has 2 aromatic carbocycles. The van der Waals surface area contributed by atoms with Gasteiger partial charge < -0.3 is 5.11 Å². The minimum Gasteiger partial charge on any atom is -0.507 e. The van der Waals surface area contributed by atoms with E-state index in [1.165, 1.54) is 12.1 Å². The predicted molar refractivity (Wildman–Crippen MR) is 63.2 cm³/mol. The highest BCUT2D eigenvalue weighted by Crippen LogP contribution is 2.36. The summed E-state index contributed by atoms with van der Waals surface area (Å²) in [6, 6.07) is 9.25. The van der Waals surface area contributed by atoms with Gasteiger partial charge in [0.15, 0.2) is 0 Å². The van der Waals surface area contributed by atoms with Crippen LogP contribution in [0.1, 0.15) is 5.56 Å². The topological polar surface area (TPSA) is 20.2 Å². The lowest BCUT2D eigenvalue weighted by atomic mass is 10.0. The molecule has 0 aliphatic carbocycles. The first-order valence-corrected chi connectivity index (χ1v) is 5.21. The summed E-state index contributed by atoms with van der Waals surface area (Å²) in [5, 5.41) is 10.3. The van der Waals surface area contributed by atoms with E-state index in [9.17, 15) is 9.50 Å². The van der Waals surface area contributed by atoms with Crippen LogP contribution in [0.5, 0.6) is 5.75 Å². The molecule has 0 radical (unpaired) electrons. The fourth-order valence-corrected chi connectivity index (χ4v) is 2.00. The molecule has 1 N–H and O–H groups in total. The number of phenolic OH excluding ortho intramolecular Hbond substituents is 1. The molecule has 0 bridgehead atoms. The van der Waals surface area contributed by atoms with Crippen LogP contribution in [0.3, 0.4) is 0 Å². The zero-order valence-corrected chi connectivity index (χ0v) is 9.42. The first-order valence-electron chi connectivity index (χ1n) is 4.83. The van der Waals surface area contributed by atoms with Crippen molar-refractivity contribution in [3.8, 4) is 16.9 Å². The Hall–Kier alpha value is -1.54. The molecule has 0 aliphatic rings. The van der Waals surface area contributed by atoms with E-state index in [2.05, 4.69) is 0 Å². The summed E-state index contributed by atoms with van der Waals surface area (Å²) in [5.74, 6) is -0.205. The third kappa shape index (κ3) is 2.02. The Balaban J connectivity index is 2.60. The van der Waals surface area contributed by atoms with Crippen LogP contribution in [-0.4, -0.2) is 5.11 Å². The van der Waals surface area contributed by atoms with E-state index < -0.39 is 0 Å². The van der Waals surface area contributed by atoms with E-state index in [1.807, 2.05) is 6.92 Å². The van der Waals surface area contributed by atoms with Crippen LogP contribution in [-0.2, 0) is 0 Å². The molecular weight excluding hydrogens is 227 g/mol. The molecule has 0 heterocycles. The summed E-state index contributed by atoms with van der Waals surface area (Å²) in [6.07, 6.45) is 0. The zero-order chi connectivity index (χ0) is 11.7. The largest absolute Gasteiger partial charge is 0.507 e. The second kappa shape index (κ2) is 4.14. The van der Waals surface area contributed by atoms with Gasteiger partial charge in [-0.3, -0.25) is 0 Å². The maximum Gasteiger partial charge on any atom is 0.125 e. The van der Waals surface area contributed by atoms with Gasteiger partial charge in [-0.2, -0.15) is 0 Å². The van der Waals surface area contributed by atoms with E-state index in [1.54, 1.807) is 24.3 Å². The summed E-state index contributed by atoms with van der Waals surface area (Å²) >= 11 is 6.06. The second-order valence-corrected chi connectivity index (χ2v) is 4.05. The van der Waals surface area contributed by atoms with Crippen LogP contribution < -0.4 is 0 Å². The number of hydrogen-bond donors (Lipinski definition) is 1. The van der Waals surface area contributed by atoms with Crippen LogP contribution >= 0.6 is 11.6 Å². The summed E-state index contributed by atoms with van der Waals surface area (Å²) in [5.41, 5.74) is 2.12. The molecule has 0 fully saturated rings. The van der Waals surface area contributed by atoms with Crippen molar-refractivity contribution in [2.45, 2.75) is 6.92 Å². The molecule has 0 aliphatic heterocycles. The van der Waals surface area contributed by atoms with Crippen molar-refractivity contribution in [1.29, 1.82) is 0 Å². The maximum atomic E-state index is 12.8. The molecule has 0 unspecified atom stereocenters. The molecule has 0 aromatic heterocycles. The van der Waals surface area contributed by atoms with Crippen LogP contribution in [0.25, 0.3) is 11.1 Å².